The molecule has 3 N–H and O–H groups in total. The van der Waals surface area contributed by atoms with E-state index in [9.17, 15) is 4.79 Å². The Morgan fingerprint density at radius 3 is 3.06 bits per heavy atom. The Hall–Kier alpha value is -2.06. The van der Waals surface area contributed by atoms with E-state index in [4.69, 9.17) is 15.7 Å². The molecule has 1 aromatic carbocycles. The van der Waals surface area contributed by atoms with Gasteiger partial charge in [-0.2, -0.15) is 5.26 Å². The van der Waals surface area contributed by atoms with Gasteiger partial charge in [-0.15, -0.1) is 0 Å². The molecule has 0 aromatic heterocycles. The highest BCUT2D eigenvalue weighted by Crippen LogP contribution is 2.17. The van der Waals surface area contributed by atoms with Crippen LogP contribution in [-0.2, 0) is 4.79 Å². The Kier molecular flexibility index (Phi) is 4.98. The summed E-state index contributed by atoms with van der Waals surface area (Å²) in [6.07, 6.45) is 0.580. The van der Waals surface area contributed by atoms with Crippen LogP contribution in [0, 0.1) is 11.3 Å². The second kappa shape index (κ2) is 6.51. The number of nitrogens with two attached hydrogens (primary N) is 1. The third-order valence-corrected chi connectivity index (χ3v) is 2.18. The largest absolute Gasteiger partial charge is 0.479 e. The van der Waals surface area contributed by atoms with Crippen LogP contribution in [0.3, 0.4) is 0 Å². The van der Waals surface area contributed by atoms with E-state index in [-0.39, 0.29) is 12.5 Å². The summed E-state index contributed by atoms with van der Waals surface area (Å²) in [5.41, 5.74) is 6.20. The van der Waals surface area contributed by atoms with Crippen LogP contribution in [0.4, 0.5) is 5.69 Å². The van der Waals surface area contributed by atoms with Crippen molar-refractivity contribution in [3.63, 3.8) is 0 Å². The molecule has 0 saturated carbocycles. The van der Waals surface area contributed by atoms with Crippen molar-refractivity contribution in [3.05, 3.63) is 24.3 Å². The number of amides is 1. The highest BCUT2D eigenvalue weighted by atomic mass is 16.5. The summed E-state index contributed by atoms with van der Waals surface area (Å²) in [5.74, 6) is 0.305. The van der Waals surface area contributed by atoms with Crippen LogP contribution >= 0.6 is 0 Å². The third-order valence-electron chi connectivity index (χ3n) is 2.18. The standard InChI is InChI=1S/C12H15N3O2/c1-2-11(14)12(16)15-9-4-3-5-10(8-9)17-7-6-13/h3-5,8,11H,2,7,14H2,1H3,(H,15,16)/t11-/m1/s1. The predicted molar refractivity (Wildman–Crippen MR) is 64.4 cm³/mol. The Morgan fingerprint density at radius 1 is 1.65 bits per heavy atom. The van der Waals surface area contributed by atoms with Crippen molar-refractivity contribution < 1.29 is 9.53 Å². The lowest BCUT2D eigenvalue weighted by atomic mass is 10.2. The highest BCUT2D eigenvalue weighted by molar-refractivity contribution is 5.94. The van der Waals surface area contributed by atoms with Crippen molar-refractivity contribution in [2.75, 3.05) is 11.9 Å². The molecule has 17 heavy (non-hydrogen) atoms. The molecule has 5 heteroatoms. The van der Waals surface area contributed by atoms with Gasteiger partial charge in [-0.05, 0) is 18.6 Å². The van der Waals surface area contributed by atoms with Crippen molar-refractivity contribution >= 4 is 11.6 Å². The molecule has 0 aliphatic rings. The van der Waals surface area contributed by atoms with E-state index in [2.05, 4.69) is 5.32 Å². The maximum absolute atomic E-state index is 11.5. The molecule has 5 nitrogen and oxygen atoms in total. The highest BCUT2D eigenvalue weighted by Gasteiger charge is 2.10. The molecule has 1 aromatic rings. The lowest BCUT2D eigenvalue weighted by molar-refractivity contribution is -0.117. The molecule has 1 amide bonds. The number of hydrogen-bond acceptors (Lipinski definition) is 4. The van der Waals surface area contributed by atoms with Crippen LogP contribution in [0.2, 0.25) is 0 Å². The first-order valence-electron chi connectivity index (χ1n) is 5.33. The number of nitriles is 1. The average Bonchev–Trinajstić information content (AvgIpc) is 2.35. The SMILES string of the molecule is CC[C@@H](N)C(=O)Nc1cccc(OCC#N)c1. The molecule has 0 saturated heterocycles. The van der Waals surface area contributed by atoms with E-state index in [0.29, 0.717) is 17.9 Å². The number of carbonyl (C=O) groups excluding carboxylic acids is 1. The van der Waals surface area contributed by atoms with Crippen molar-refractivity contribution in [1.82, 2.24) is 0 Å². The second-order valence-electron chi connectivity index (χ2n) is 3.48. The van der Waals surface area contributed by atoms with Crippen LogP contribution in [-0.4, -0.2) is 18.6 Å². The zero-order valence-electron chi connectivity index (χ0n) is 9.64. The van der Waals surface area contributed by atoms with Gasteiger partial charge in [-0.1, -0.05) is 13.0 Å². The van der Waals surface area contributed by atoms with Crippen molar-refractivity contribution in [1.29, 1.82) is 5.26 Å². The summed E-state index contributed by atoms with van der Waals surface area (Å²) in [7, 11) is 0. The van der Waals surface area contributed by atoms with Gasteiger partial charge in [0.1, 0.15) is 11.8 Å². The lowest BCUT2D eigenvalue weighted by Gasteiger charge is -2.10. The average molecular weight is 233 g/mol. The van der Waals surface area contributed by atoms with Gasteiger partial charge in [0.25, 0.3) is 0 Å². The molecule has 90 valence electrons. The van der Waals surface area contributed by atoms with Crippen molar-refractivity contribution in [3.8, 4) is 11.8 Å². The van der Waals surface area contributed by atoms with E-state index >= 15 is 0 Å². The molecule has 0 bridgehead atoms. The summed E-state index contributed by atoms with van der Waals surface area (Å²) in [4.78, 5) is 11.5. The minimum atomic E-state index is -0.515. The molecule has 0 aliphatic heterocycles. The van der Waals surface area contributed by atoms with Gasteiger partial charge in [0.05, 0.1) is 6.04 Å². The molecule has 1 atom stereocenters. The second-order valence-corrected chi connectivity index (χ2v) is 3.48. The van der Waals surface area contributed by atoms with Gasteiger partial charge < -0.3 is 15.8 Å². The van der Waals surface area contributed by atoms with Crippen LogP contribution < -0.4 is 15.8 Å². The number of benzene rings is 1. The van der Waals surface area contributed by atoms with E-state index in [1.807, 2.05) is 13.0 Å². The van der Waals surface area contributed by atoms with Crippen LogP contribution in [0.15, 0.2) is 24.3 Å². The fourth-order valence-corrected chi connectivity index (χ4v) is 1.20. The minimum Gasteiger partial charge on any atom is -0.479 e. The number of anilines is 1. The lowest BCUT2D eigenvalue weighted by Crippen LogP contribution is -2.34. The Labute approximate surface area is 100 Å². The van der Waals surface area contributed by atoms with E-state index < -0.39 is 6.04 Å². The number of nitrogens with zero attached hydrogens (tertiary/aromatic N) is 1. The van der Waals surface area contributed by atoms with E-state index in [1.54, 1.807) is 24.3 Å². The van der Waals surface area contributed by atoms with Crippen LogP contribution in [0.1, 0.15) is 13.3 Å². The molecule has 0 radical (unpaired) electrons. The summed E-state index contributed by atoms with van der Waals surface area (Å²) in [6, 6.07) is 8.20. The van der Waals surface area contributed by atoms with Crippen molar-refractivity contribution in [2.24, 2.45) is 5.73 Å². The first kappa shape index (κ1) is 13.0. The number of carbonyl (C=O) groups is 1. The summed E-state index contributed by atoms with van der Waals surface area (Å²) in [5, 5.41) is 11.1. The maximum atomic E-state index is 11.5. The Morgan fingerprint density at radius 2 is 2.41 bits per heavy atom. The number of nitrogens with one attached hydrogen (secondary N) is 1. The number of ether oxygens (including phenoxy) is 1. The molecular weight excluding hydrogens is 218 g/mol. The first-order chi connectivity index (χ1) is 8.17. The number of hydrogen-bond donors (Lipinski definition) is 2. The maximum Gasteiger partial charge on any atom is 0.241 e. The van der Waals surface area contributed by atoms with E-state index in [0.717, 1.165) is 0 Å². The molecular formula is C12H15N3O2. The Bertz CT molecular complexity index is 426. The van der Waals surface area contributed by atoms with Crippen LogP contribution in [0.25, 0.3) is 0 Å². The van der Waals surface area contributed by atoms with Crippen molar-refractivity contribution in [2.45, 2.75) is 19.4 Å². The Balaban J connectivity index is 2.66. The van der Waals surface area contributed by atoms with Gasteiger partial charge in [0.2, 0.25) is 5.91 Å². The van der Waals surface area contributed by atoms with Gasteiger partial charge in [0, 0.05) is 11.8 Å². The molecule has 0 unspecified atom stereocenters. The zero-order chi connectivity index (χ0) is 12.7. The third kappa shape index (κ3) is 4.13. The molecule has 0 heterocycles. The van der Waals surface area contributed by atoms with E-state index in [1.165, 1.54) is 0 Å². The van der Waals surface area contributed by atoms with Gasteiger partial charge in [0.15, 0.2) is 6.61 Å². The van der Waals surface area contributed by atoms with Gasteiger partial charge in [-0.3, -0.25) is 4.79 Å². The first-order valence-corrected chi connectivity index (χ1v) is 5.33. The monoisotopic (exact) mass is 233 g/mol. The topological polar surface area (TPSA) is 88.1 Å². The molecule has 0 spiro atoms. The van der Waals surface area contributed by atoms with Gasteiger partial charge in [-0.25, -0.2) is 0 Å². The predicted octanol–water partition coefficient (Wildman–Crippen LogP) is 1.26. The molecule has 0 fully saturated rings. The molecule has 1 rings (SSSR count). The van der Waals surface area contributed by atoms with Gasteiger partial charge >= 0.3 is 0 Å². The fraction of sp³-hybridized carbons (Fsp3) is 0.333. The fourth-order valence-electron chi connectivity index (χ4n) is 1.20. The smallest absolute Gasteiger partial charge is 0.241 e. The summed E-state index contributed by atoms with van der Waals surface area (Å²) >= 11 is 0. The minimum absolute atomic E-state index is 0.0220. The summed E-state index contributed by atoms with van der Waals surface area (Å²) < 4.78 is 5.12. The summed E-state index contributed by atoms with van der Waals surface area (Å²) in [6.45, 7) is 1.82. The van der Waals surface area contributed by atoms with Crippen LogP contribution in [0.5, 0.6) is 5.75 Å². The number of rotatable bonds is 5. The molecule has 0 aliphatic carbocycles. The zero-order valence-corrected chi connectivity index (χ0v) is 9.64. The normalized spacial score (nSPS) is 11.4. The quantitative estimate of drug-likeness (QED) is 0.801.